The fraction of sp³-hybridized carbons (Fsp3) is 0.182. The Morgan fingerprint density at radius 3 is 1.92 bits per heavy atom. The molecule has 0 radical (unpaired) electrons. The van der Waals surface area contributed by atoms with Crippen molar-refractivity contribution in [3.05, 3.63) is 71.8 Å². The summed E-state index contributed by atoms with van der Waals surface area (Å²) in [6.45, 7) is 0. The smallest absolute Gasteiger partial charge is 0.118 e. The third-order valence-electron chi connectivity index (χ3n) is 5.77. The summed E-state index contributed by atoms with van der Waals surface area (Å²) in [6.07, 6.45) is -2.16. The zero-order valence-electron chi connectivity index (χ0n) is 13.4. The quantitative estimate of drug-likeness (QED) is 0.379. The number of epoxide rings is 1. The molecular weight excluding hydrogens is 312 g/mol. The molecular formula is C22H16O3. The van der Waals surface area contributed by atoms with E-state index in [1.165, 1.54) is 26.9 Å². The molecule has 1 aliphatic carbocycles. The zero-order valence-corrected chi connectivity index (χ0v) is 13.4. The number of hydrogen-bond donors (Lipinski definition) is 2. The Morgan fingerprint density at radius 2 is 1.24 bits per heavy atom. The lowest BCUT2D eigenvalue weighted by Gasteiger charge is -2.25. The molecule has 1 heterocycles. The molecule has 0 amide bonds. The lowest BCUT2D eigenvalue weighted by Crippen LogP contribution is -2.29. The maximum Gasteiger partial charge on any atom is 0.118 e. The highest BCUT2D eigenvalue weighted by Gasteiger charge is 2.54. The highest BCUT2D eigenvalue weighted by molar-refractivity contribution is 6.26. The van der Waals surface area contributed by atoms with E-state index in [1.807, 2.05) is 6.07 Å². The summed E-state index contributed by atoms with van der Waals surface area (Å²) < 4.78 is 5.75. The SMILES string of the molecule is O[C@@H]1[C@@H]2O[C@@H]2c2c(ccc3c4ccccc4c4ccccc4c23)[C@H]1O. The van der Waals surface area contributed by atoms with Crippen molar-refractivity contribution in [3.8, 4) is 0 Å². The molecule has 4 atom stereocenters. The minimum atomic E-state index is -0.895. The van der Waals surface area contributed by atoms with Gasteiger partial charge in [-0.15, -0.1) is 0 Å². The molecule has 3 heteroatoms. The Balaban J connectivity index is 1.88. The summed E-state index contributed by atoms with van der Waals surface area (Å²) in [4.78, 5) is 0. The maximum absolute atomic E-state index is 10.5. The van der Waals surface area contributed by atoms with Gasteiger partial charge in [0.25, 0.3) is 0 Å². The van der Waals surface area contributed by atoms with Gasteiger partial charge in [-0.1, -0.05) is 60.7 Å². The number of aliphatic hydroxyl groups excluding tert-OH is 2. The summed E-state index contributed by atoms with van der Waals surface area (Å²) in [6, 6.07) is 20.9. The molecule has 0 spiro atoms. The van der Waals surface area contributed by atoms with Crippen molar-refractivity contribution >= 4 is 32.3 Å². The highest BCUT2D eigenvalue weighted by Crippen LogP contribution is 2.54. The molecule has 1 saturated heterocycles. The van der Waals surface area contributed by atoms with Crippen LogP contribution in [0.25, 0.3) is 32.3 Å². The molecule has 0 bridgehead atoms. The van der Waals surface area contributed by atoms with E-state index < -0.39 is 12.2 Å². The van der Waals surface area contributed by atoms with Crippen molar-refractivity contribution in [3.63, 3.8) is 0 Å². The lowest BCUT2D eigenvalue weighted by atomic mass is 9.81. The number of ether oxygens (including phenoxy) is 1. The second-order valence-electron chi connectivity index (χ2n) is 7.04. The molecule has 0 aromatic heterocycles. The van der Waals surface area contributed by atoms with Crippen LogP contribution in [0.5, 0.6) is 0 Å². The fourth-order valence-electron chi connectivity index (χ4n) is 4.58. The van der Waals surface area contributed by atoms with Gasteiger partial charge in [0.1, 0.15) is 24.4 Å². The predicted octanol–water partition coefficient (Wildman–Crippen LogP) is 3.99. The van der Waals surface area contributed by atoms with Crippen molar-refractivity contribution in [2.24, 2.45) is 0 Å². The standard InChI is InChI=1S/C22H16O3/c23-19-16-10-9-15-13-7-2-1-5-11(13)12-6-3-4-8-14(12)17(15)18(16)21-22(25-21)20(19)24/h1-10,19-24H/t19-,20+,21-,22+/m1/s1. The normalized spacial score (nSPS) is 27.4. The summed E-state index contributed by atoms with van der Waals surface area (Å²) in [5.74, 6) is 0. The van der Waals surface area contributed by atoms with Crippen molar-refractivity contribution in [1.82, 2.24) is 0 Å². The molecule has 25 heavy (non-hydrogen) atoms. The van der Waals surface area contributed by atoms with E-state index in [1.54, 1.807) is 0 Å². The van der Waals surface area contributed by atoms with E-state index in [0.717, 1.165) is 16.5 Å². The summed E-state index contributed by atoms with van der Waals surface area (Å²) in [5, 5.41) is 27.9. The number of aliphatic hydroxyl groups is 2. The molecule has 0 unspecified atom stereocenters. The van der Waals surface area contributed by atoms with E-state index in [-0.39, 0.29) is 12.2 Å². The molecule has 2 aliphatic rings. The van der Waals surface area contributed by atoms with Crippen LogP contribution < -0.4 is 0 Å². The van der Waals surface area contributed by atoms with Gasteiger partial charge in [0.05, 0.1) is 0 Å². The van der Waals surface area contributed by atoms with E-state index >= 15 is 0 Å². The minimum absolute atomic E-state index is 0.123. The van der Waals surface area contributed by atoms with Crippen LogP contribution in [0, 0.1) is 0 Å². The largest absolute Gasteiger partial charge is 0.387 e. The van der Waals surface area contributed by atoms with Crippen LogP contribution in [-0.2, 0) is 4.74 Å². The molecule has 0 saturated carbocycles. The third-order valence-corrected chi connectivity index (χ3v) is 5.77. The van der Waals surface area contributed by atoms with E-state index in [0.29, 0.717) is 0 Å². The molecule has 122 valence electrons. The first-order valence-electron chi connectivity index (χ1n) is 8.63. The van der Waals surface area contributed by atoms with E-state index in [4.69, 9.17) is 4.74 Å². The van der Waals surface area contributed by atoms with E-state index in [9.17, 15) is 10.2 Å². The molecule has 2 N–H and O–H groups in total. The van der Waals surface area contributed by atoms with Crippen molar-refractivity contribution in [2.45, 2.75) is 24.4 Å². The molecule has 4 aromatic rings. The van der Waals surface area contributed by atoms with Gasteiger partial charge in [-0.05, 0) is 43.4 Å². The highest BCUT2D eigenvalue weighted by atomic mass is 16.6. The predicted molar refractivity (Wildman–Crippen MR) is 97.5 cm³/mol. The minimum Gasteiger partial charge on any atom is -0.387 e. The first-order chi connectivity index (χ1) is 12.3. The third kappa shape index (κ3) is 1.65. The number of hydrogen-bond acceptors (Lipinski definition) is 3. The van der Waals surface area contributed by atoms with Crippen LogP contribution in [0.2, 0.25) is 0 Å². The first-order valence-corrected chi connectivity index (χ1v) is 8.63. The van der Waals surface area contributed by atoms with Crippen LogP contribution in [-0.4, -0.2) is 22.4 Å². The van der Waals surface area contributed by atoms with Crippen molar-refractivity contribution in [2.75, 3.05) is 0 Å². The van der Waals surface area contributed by atoms with Crippen LogP contribution >= 0.6 is 0 Å². The number of rotatable bonds is 0. The van der Waals surface area contributed by atoms with Crippen LogP contribution in [0.1, 0.15) is 23.3 Å². The summed E-state index contributed by atoms with van der Waals surface area (Å²) in [7, 11) is 0. The fourth-order valence-corrected chi connectivity index (χ4v) is 4.58. The average molecular weight is 328 g/mol. The Morgan fingerprint density at radius 1 is 0.680 bits per heavy atom. The Bertz CT molecular complexity index is 1140. The summed E-state index contributed by atoms with van der Waals surface area (Å²) >= 11 is 0. The second kappa shape index (κ2) is 4.58. The molecule has 6 rings (SSSR count). The Labute approximate surface area is 144 Å². The molecule has 1 fully saturated rings. The van der Waals surface area contributed by atoms with Crippen LogP contribution in [0.15, 0.2) is 60.7 Å². The van der Waals surface area contributed by atoms with Gasteiger partial charge < -0.3 is 14.9 Å². The summed E-state index contributed by atoms with van der Waals surface area (Å²) in [5.41, 5.74) is 1.83. The zero-order chi connectivity index (χ0) is 16.7. The second-order valence-corrected chi connectivity index (χ2v) is 7.04. The molecule has 1 aliphatic heterocycles. The molecule has 3 nitrogen and oxygen atoms in total. The maximum atomic E-state index is 10.5. The number of fused-ring (bicyclic) bond motifs is 10. The van der Waals surface area contributed by atoms with Gasteiger partial charge in [-0.3, -0.25) is 0 Å². The van der Waals surface area contributed by atoms with Crippen molar-refractivity contribution in [1.29, 1.82) is 0 Å². The van der Waals surface area contributed by atoms with Gasteiger partial charge in [0.2, 0.25) is 0 Å². The number of benzene rings is 4. The van der Waals surface area contributed by atoms with Gasteiger partial charge in [-0.2, -0.15) is 0 Å². The Hall–Kier alpha value is -2.46. The van der Waals surface area contributed by atoms with Gasteiger partial charge in [0.15, 0.2) is 0 Å². The monoisotopic (exact) mass is 328 g/mol. The lowest BCUT2D eigenvalue weighted by molar-refractivity contribution is 0.000110. The van der Waals surface area contributed by atoms with Gasteiger partial charge in [-0.25, -0.2) is 0 Å². The topological polar surface area (TPSA) is 53.0 Å². The first kappa shape index (κ1) is 13.8. The van der Waals surface area contributed by atoms with Gasteiger partial charge >= 0.3 is 0 Å². The van der Waals surface area contributed by atoms with Crippen LogP contribution in [0.4, 0.5) is 0 Å². The van der Waals surface area contributed by atoms with Gasteiger partial charge in [0, 0.05) is 0 Å². The average Bonchev–Trinajstić information content (AvgIpc) is 3.46. The van der Waals surface area contributed by atoms with E-state index in [2.05, 4.69) is 54.6 Å². The molecule has 4 aromatic carbocycles. The van der Waals surface area contributed by atoms with Crippen molar-refractivity contribution < 1.29 is 14.9 Å². The Kier molecular flexibility index (Phi) is 2.53. The van der Waals surface area contributed by atoms with Crippen LogP contribution in [0.3, 0.4) is 0 Å².